The van der Waals surface area contributed by atoms with E-state index in [4.69, 9.17) is 10.3 Å². The summed E-state index contributed by atoms with van der Waals surface area (Å²) < 4.78 is 5.27. The monoisotopic (exact) mass is 275 g/mol. The summed E-state index contributed by atoms with van der Waals surface area (Å²) in [6.07, 6.45) is 3.96. The SMILES string of the molecule is CCC(CCN)CCc1nc(-c2ccc(O)cc2)no1. The van der Waals surface area contributed by atoms with Crippen LogP contribution in [0.4, 0.5) is 0 Å². The third-order valence-corrected chi connectivity index (χ3v) is 3.51. The second-order valence-electron chi connectivity index (χ2n) is 4.95. The standard InChI is InChI=1S/C15H21N3O2/c1-2-11(9-10-16)3-8-14-17-15(18-20-14)12-4-6-13(19)7-5-12/h4-7,11,19H,2-3,8-10,16H2,1H3. The van der Waals surface area contributed by atoms with E-state index in [1.54, 1.807) is 24.3 Å². The lowest BCUT2D eigenvalue weighted by Crippen LogP contribution is -2.09. The Balaban J connectivity index is 1.96. The highest BCUT2D eigenvalue weighted by molar-refractivity contribution is 5.55. The molecule has 0 saturated heterocycles. The van der Waals surface area contributed by atoms with Crippen LogP contribution in [0.1, 0.15) is 32.1 Å². The van der Waals surface area contributed by atoms with E-state index >= 15 is 0 Å². The second kappa shape index (κ2) is 7.05. The van der Waals surface area contributed by atoms with Crippen molar-refractivity contribution >= 4 is 0 Å². The summed E-state index contributed by atoms with van der Waals surface area (Å²) in [5.74, 6) is 2.06. The summed E-state index contributed by atoms with van der Waals surface area (Å²) in [5.41, 5.74) is 6.43. The van der Waals surface area contributed by atoms with Crippen molar-refractivity contribution in [1.29, 1.82) is 0 Å². The summed E-state index contributed by atoms with van der Waals surface area (Å²) in [6.45, 7) is 2.90. The van der Waals surface area contributed by atoms with E-state index in [0.29, 0.717) is 17.6 Å². The Labute approximate surface area is 118 Å². The normalized spacial score (nSPS) is 12.5. The second-order valence-corrected chi connectivity index (χ2v) is 4.95. The number of hydrogen-bond acceptors (Lipinski definition) is 5. The molecule has 1 unspecified atom stereocenters. The van der Waals surface area contributed by atoms with Crippen LogP contribution in [0.25, 0.3) is 11.4 Å². The van der Waals surface area contributed by atoms with Crippen molar-refractivity contribution in [3.8, 4) is 17.1 Å². The molecule has 1 atom stereocenters. The van der Waals surface area contributed by atoms with Crippen LogP contribution in [-0.4, -0.2) is 21.8 Å². The first kappa shape index (κ1) is 14.5. The number of aromatic hydroxyl groups is 1. The van der Waals surface area contributed by atoms with E-state index in [0.717, 1.165) is 37.8 Å². The lowest BCUT2D eigenvalue weighted by Gasteiger charge is -2.11. The van der Waals surface area contributed by atoms with Gasteiger partial charge in [-0.2, -0.15) is 4.98 Å². The van der Waals surface area contributed by atoms with Crippen LogP contribution >= 0.6 is 0 Å². The van der Waals surface area contributed by atoms with Gasteiger partial charge in [-0.25, -0.2) is 0 Å². The number of aromatic nitrogens is 2. The van der Waals surface area contributed by atoms with Gasteiger partial charge in [0.2, 0.25) is 11.7 Å². The van der Waals surface area contributed by atoms with Gasteiger partial charge in [0.15, 0.2) is 0 Å². The third kappa shape index (κ3) is 3.81. The summed E-state index contributed by atoms with van der Waals surface area (Å²) in [5, 5.41) is 13.2. The molecule has 2 aromatic rings. The minimum Gasteiger partial charge on any atom is -0.508 e. The molecule has 0 fully saturated rings. The molecular weight excluding hydrogens is 254 g/mol. The topological polar surface area (TPSA) is 85.2 Å². The average Bonchev–Trinajstić information content (AvgIpc) is 2.93. The Morgan fingerprint density at radius 1 is 1.25 bits per heavy atom. The molecule has 3 N–H and O–H groups in total. The Bertz CT molecular complexity index is 522. The molecule has 0 aliphatic carbocycles. The van der Waals surface area contributed by atoms with Crippen LogP contribution in [-0.2, 0) is 6.42 Å². The molecule has 20 heavy (non-hydrogen) atoms. The Morgan fingerprint density at radius 2 is 2.00 bits per heavy atom. The van der Waals surface area contributed by atoms with Gasteiger partial charge < -0.3 is 15.4 Å². The average molecular weight is 275 g/mol. The van der Waals surface area contributed by atoms with E-state index in [1.807, 2.05) is 0 Å². The molecule has 108 valence electrons. The first-order valence-corrected chi connectivity index (χ1v) is 7.05. The summed E-state index contributed by atoms with van der Waals surface area (Å²) in [4.78, 5) is 4.39. The number of phenols is 1. The molecule has 5 heteroatoms. The van der Waals surface area contributed by atoms with Gasteiger partial charge in [-0.05, 0) is 49.6 Å². The Kier molecular flexibility index (Phi) is 5.12. The molecule has 0 spiro atoms. The highest BCUT2D eigenvalue weighted by Gasteiger charge is 2.11. The highest BCUT2D eigenvalue weighted by atomic mass is 16.5. The van der Waals surface area contributed by atoms with E-state index in [1.165, 1.54) is 0 Å². The maximum atomic E-state index is 9.26. The molecule has 1 aromatic carbocycles. The third-order valence-electron chi connectivity index (χ3n) is 3.51. The fourth-order valence-corrected chi connectivity index (χ4v) is 2.20. The first-order chi connectivity index (χ1) is 9.72. The van der Waals surface area contributed by atoms with E-state index in [2.05, 4.69) is 17.1 Å². The summed E-state index contributed by atoms with van der Waals surface area (Å²) in [7, 11) is 0. The molecule has 0 amide bonds. The lowest BCUT2D eigenvalue weighted by molar-refractivity contribution is 0.354. The highest BCUT2D eigenvalue weighted by Crippen LogP contribution is 2.20. The van der Waals surface area contributed by atoms with Crippen molar-refractivity contribution in [2.75, 3.05) is 6.54 Å². The zero-order valence-corrected chi connectivity index (χ0v) is 11.7. The fourth-order valence-electron chi connectivity index (χ4n) is 2.20. The Hall–Kier alpha value is -1.88. The van der Waals surface area contributed by atoms with Crippen molar-refractivity contribution in [2.24, 2.45) is 11.7 Å². The van der Waals surface area contributed by atoms with Gasteiger partial charge in [-0.3, -0.25) is 0 Å². The smallest absolute Gasteiger partial charge is 0.226 e. The van der Waals surface area contributed by atoms with E-state index in [9.17, 15) is 5.11 Å². The van der Waals surface area contributed by atoms with E-state index < -0.39 is 0 Å². The molecule has 5 nitrogen and oxygen atoms in total. The quantitative estimate of drug-likeness (QED) is 0.811. The van der Waals surface area contributed by atoms with Crippen molar-refractivity contribution in [3.05, 3.63) is 30.2 Å². The zero-order valence-electron chi connectivity index (χ0n) is 11.7. The van der Waals surface area contributed by atoms with Gasteiger partial charge in [-0.1, -0.05) is 18.5 Å². The van der Waals surface area contributed by atoms with Gasteiger partial charge in [0.05, 0.1) is 0 Å². The maximum Gasteiger partial charge on any atom is 0.226 e. The van der Waals surface area contributed by atoms with Gasteiger partial charge >= 0.3 is 0 Å². The fraction of sp³-hybridized carbons (Fsp3) is 0.467. The molecule has 1 aromatic heterocycles. The molecule has 0 aliphatic rings. The van der Waals surface area contributed by atoms with Crippen LogP contribution < -0.4 is 5.73 Å². The molecular formula is C15H21N3O2. The number of phenolic OH excluding ortho intramolecular Hbond substituents is 1. The van der Waals surface area contributed by atoms with Crippen LogP contribution in [0.5, 0.6) is 5.75 Å². The first-order valence-electron chi connectivity index (χ1n) is 7.05. The minimum absolute atomic E-state index is 0.227. The predicted molar refractivity (Wildman–Crippen MR) is 77.2 cm³/mol. The van der Waals surface area contributed by atoms with Gasteiger partial charge in [0, 0.05) is 12.0 Å². The molecule has 0 aliphatic heterocycles. The summed E-state index contributed by atoms with van der Waals surface area (Å²) in [6, 6.07) is 6.76. The van der Waals surface area contributed by atoms with Crippen LogP contribution in [0.15, 0.2) is 28.8 Å². The van der Waals surface area contributed by atoms with E-state index in [-0.39, 0.29) is 5.75 Å². The molecule has 0 radical (unpaired) electrons. The van der Waals surface area contributed by atoms with Gasteiger partial charge in [0.25, 0.3) is 0 Å². The number of rotatable bonds is 7. The molecule has 0 saturated carbocycles. The number of aryl methyl sites for hydroxylation is 1. The predicted octanol–water partition coefficient (Wildman–Crippen LogP) is 2.75. The van der Waals surface area contributed by atoms with Crippen LogP contribution in [0.3, 0.4) is 0 Å². The molecule has 2 rings (SSSR count). The van der Waals surface area contributed by atoms with Gasteiger partial charge in [0.1, 0.15) is 5.75 Å². The number of hydrogen-bond donors (Lipinski definition) is 2. The summed E-state index contributed by atoms with van der Waals surface area (Å²) >= 11 is 0. The number of benzene rings is 1. The molecule has 0 bridgehead atoms. The maximum absolute atomic E-state index is 9.26. The Morgan fingerprint density at radius 3 is 2.65 bits per heavy atom. The number of nitrogens with two attached hydrogens (primary N) is 1. The minimum atomic E-state index is 0.227. The van der Waals surface area contributed by atoms with Crippen LogP contribution in [0.2, 0.25) is 0 Å². The van der Waals surface area contributed by atoms with Crippen molar-refractivity contribution in [3.63, 3.8) is 0 Å². The molecule has 1 heterocycles. The lowest BCUT2D eigenvalue weighted by atomic mass is 9.97. The van der Waals surface area contributed by atoms with Crippen molar-refractivity contribution < 1.29 is 9.63 Å². The van der Waals surface area contributed by atoms with Crippen molar-refractivity contribution in [1.82, 2.24) is 10.1 Å². The van der Waals surface area contributed by atoms with Crippen LogP contribution in [0, 0.1) is 5.92 Å². The number of nitrogens with zero attached hydrogens (tertiary/aromatic N) is 2. The van der Waals surface area contributed by atoms with Gasteiger partial charge in [-0.15, -0.1) is 0 Å². The van der Waals surface area contributed by atoms with Crippen molar-refractivity contribution in [2.45, 2.75) is 32.6 Å². The zero-order chi connectivity index (χ0) is 14.4. The largest absolute Gasteiger partial charge is 0.508 e.